The fraction of sp³-hybridized carbons (Fsp3) is 0.238. The Labute approximate surface area is 162 Å². The van der Waals surface area contributed by atoms with Gasteiger partial charge in [0.25, 0.3) is 5.91 Å². The normalized spacial score (nSPS) is 18.5. The predicted octanol–water partition coefficient (Wildman–Crippen LogP) is 1.80. The third kappa shape index (κ3) is 3.15. The van der Waals surface area contributed by atoms with Crippen LogP contribution >= 0.6 is 0 Å². The highest BCUT2D eigenvalue weighted by Gasteiger charge is 2.47. The molecule has 2 aromatic carbocycles. The van der Waals surface area contributed by atoms with Crippen LogP contribution in [0, 0.1) is 0 Å². The number of imide groups is 1. The lowest BCUT2D eigenvalue weighted by Crippen LogP contribution is -2.54. The predicted molar refractivity (Wildman–Crippen MR) is 102 cm³/mol. The smallest absolute Gasteiger partial charge is 0.319 e. The number of nitrogens with zero attached hydrogens (tertiary/aromatic N) is 2. The van der Waals surface area contributed by atoms with Crippen molar-refractivity contribution in [3.05, 3.63) is 71.3 Å². The van der Waals surface area contributed by atoms with Crippen molar-refractivity contribution in [3.8, 4) is 0 Å². The van der Waals surface area contributed by atoms with E-state index >= 15 is 0 Å². The van der Waals surface area contributed by atoms with Gasteiger partial charge in [0.2, 0.25) is 6.41 Å². The van der Waals surface area contributed by atoms with E-state index in [4.69, 9.17) is 5.73 Å². The zero-order valence-corrected chi connectivity index (χ0v) is 15.6. The minimum atomic E-state index is -1.23. The van der Waals surface area contributed by atoms with Crippen molar-refractivity contribution >= 4 is 24.1 Å². The van der Waals surface area contributed by atoms with Crippen LogP contribution in [-0.2, 0) is 14.4 Å². The lowest BCUT2D eigenvalue weighted by molar-refractivity contribution is -0.145. The second-order valence-corrected chi connectivity index (χ2v) is 6.88. The van der Waals surface area contributed by atoms with Crippen molar-refractivity contribution in [2.75, 3.05) is 0 Å². The van der Waals surface area contributed by atoms with Gasteiger partial charge in [0.15, 0.2) is 0 Å². The number of amides is 4. The molecular formula is C21H21N3O4. The van der Waals surface area contributed by atoms with E-state index < -0.39 is 29.8 Å². The summed E-state index contributed by atoms with van der Waals surface area (Å²) in [5.41, 5.74) is 6.75. The highest BCUT2D eigenvalue weighted by Crippen LogP contribution is 2.44. The van der Waals surface area contributed by atoms with Gasteiger partial charge in [-0.2, -0.15) is 0 Å². The standard InChI is InChI=1S/C21H21N3O4/c1-13(2)23(12-25)18-15-10-6-7-11-16(15)20(27)24(21(28)19(22)26)17(18)14-8-4-3-5-9-14/h3-13,17-18H,1-2H3,(H2,22,26). The summed E-state index contributed by atoms with van der Waals surface area (Å²) in [6.45, 7) is 3.69. The maximum Gasteiger partial charge on any atom is 0.319 e. The molecule has 2 N–H and O–H groups in total. The Hall–Kier alpha value is -3.48. The molecule has 0 saturated carbocycles. The first-order chi connectivity index (χ1) is 13.4. The Kier molecular flexibility index (Phi) is 5.26. The van der Waals surface area contributed by atoms with Crippen LogP contribution in [0.3, 0.4) is 0 Å². The highest BCUT2D eigenvalue weighted by atomic mass is 16.2. The maximum atomic E-state index is 13.2. The summed E-state index contributed by atoms with van der Waals surface area (Å²) in [7, 11) is 0. The van der Waals surface area contributed by atoms with Crippen LogP contribution in [-0.4, -0.2) is 40.0 Å². The number of benzene rings is 2. The summed E-state index contributed by atoms with van der Waals surface area (Å²) in [6.07, 6.45) is 0.699. The zero-order chi connectivity index (χ0) is 20.4. The van der Waals surface area contributed by atoms with E-state index in [-0.39, 0.29) is 11.6 Å². The Morgan fingerprint density at radius 3 is 2.25 bits per heavy atom. The zero-order valence-electron chi connectivity index (χ0n) is 15.6. The van der Waals surface area contributed by atoms with Crippen LogP contribution in [0.4, 0.5) is 0 Å². The molecule has 1 heterocycles. The molecule has 0 fully saturated rings. The molecule has 28 heavy (non-hydrogen) atoms. The third-order valence-electron chi connectivity index (χ3n) is 4.92. The van der Waals surface area contributed by atoms with Crippen LogP contribution in [0.25, 0.3) is 0 Å². The molecule has 2 atom stereocenters. The number of rotatable bonds is 4. The SMILES string of the molecule is CC(C)N(C=O)C1c2ccccc2C(=O)N(C(=O)C(N)=O)C1c1ccccc1. The second-order valence-electron chi connectivity index (χ2n) is 6.88. The first-order valence-electron chi connectivity index (χ1n) is 8.92. The largest absolute Gasteiger partial charge is 0.361 e. The van der Waals surface area contributed by atoms with E-state index in [0.29, 0.717) is 17.5 Å². The fourth-order valence-electron chi connectivity index (χ4n) is 3.67. The Morgan fingerprint density at radius 2 is 1.68 bits per heavy atom. The van der Waals surface area contributed by atoms with Crippen molar-refractivity contribution in [1.29, 1.82) is 0 Å². The number of carbonyl (C=O) groups excluding carboxylic acids is 4. The molecule has 0 spiro atoms. The van der Waals surface area contributed by atoms with E-state index in [1.165, 1.54) is 0 Å². The number of nitrogens with two attached hydrogens (primary N) is 1. The van der Waals surface area contributed by atoms with Gasteiger partial charge < -0.3 is 10.6 Å². The molecule has 2 aromatic rings. The second kappa shape index (κ2) is 7.64. The summed E-state index contributed by atoms with van der Waals surface area (Å²) in [4.78, 5) is 51.9. The van der Waals surface area contributed by atoms with Crippen LogP contribution in [0.1, 0.15) is 47.4 Å². The van der Waals surface area contributed by atoms with Gasteiger partial charge >= 0.3 is 11.8 Å². The number of hydrogen-bond donors (Lipinski definition) is 1. The van der Waals surface area contributed by atoms with E-state index in [9.17, 15) is 19.2 Å². The van der Waals surface area contributed by atoms with E-state index in [2.05, 4.69) is 0 Å². The first-order valence-corrected chi connectivity index (χ1v) is 8.92. The Bertz CT molecular complexity index is 926. The number of primary amides is 1. The summed E-state index contributed by atoms with van der Waals surface area (Å²) in [6, 6.07) is 13.9. The van der Waals surface area contributed by atoms with Crippen molar-refractivity contribution in [2.24, 2.45) is 5.73 Å². The maximum absolute atomic E-state index is 13.2. The van der Waals surface area contributed by atoms with E-state index in [1.807, 2.05) is 13.8 Å². The van der Waals surface area contributed by atoms with Crippen LogP contribution < -0.4 is 5.73 Å². The number of fused-ring (bicyclic) bond motifs is 1. The summed E-state index contributed by atoms with van der Waals surface area (Å²) >= 11 is 0. The van der Waals surface area contributed by atoms with Gasteiger partial charge in [-0.3, -0.25) is 24.1 Å². The molecule has 7 nitrogen and oxygen atoms in total. The third-order valence-corrected chi connectivity index (χ3v) is 4.92. The lowest BCUT2D eigenvalue weighted by atomic mass is 9.83. The van der Waals surface area contributed by atoms with Gasteiger partial charge in [-0.05, 0) is 31.0 Å². The molecule has 0 aliphatic carbocycles. The molecule has 144 valence electrons. The summed E-state index contributed by atoms with van der Waals surface area (Å²) < 4.78 is 0. The van der Waals surface area contributed by atoms with Crippen molar-refractivity contribution < 1.29 is 19.2 Å². The molecule has 3 rings (SSSR count). The van der Waals surface area contributed by atoms with Gasteiger partial charge in [0.05, 0.1) is 12.1 Å². The molecule has 0 saturated heterocycles. The number of carbonyl (C=O) groups is 4. The molecule has 1 aliphatic rings. The van der Waals surface area contributed by atoms with Gasteiger partial charge in [-0.1, -0.05) is 48.5 Å². The van der Waals surface area contributed by atoms with E-state index in [0.717, 1.165) is 4.90 Å². The summed E-state index contributed by atoms with van der Waals surface area (Å²) in [5, 5.41) is 0. The Balaban J connectivity index is 2.32. The molecule has 0 radical (unpaired) electrons. The quantitative estimate of drug-likeness (QED) is 0.646. The average molecular weight is 379 g/mol. The molecular weight excluding hydrogens is 358 g/mol. The molecule has 1 aliphatic heterocycles. The minimum absolute atomic E-state index is 0.208. The summed E-state index contributed by atoms with van der Waals surface area (Å²) in [5.74, 6) is -2.94. The minimum Gasteiger partial charge on any atom is -0.361 e. The Morgan fingerprint density at radius 1 is 1.07 bits per heavy atom. The van der Waals surface area contributed by atoms with Crippen LogP contribution in [0.5, 0.6) is 0 Å². The first kappa shape index (κ1) is 19.3. The highest BCUT2D eigenvalue weighted by molar-refractivity contribution is 6.38. The lowest BCUT2D eigenvalue weighted by Gasteiger charge is -2.45. The molecule has 4 amide bonds. The molecule has 2 unspecified atom stereocenters. The molecule has 0 bridgehead atoms. The van der Waals surface area contributed by atoms with E-state index in [1.54, 1.807) is 59.5 Å². The van der Waals surface area contributed by atoms with Gasteiger partial charge in [0, 0.05) is 11.6 Å². The molecule has 0 aromatic heterocycles. The van der Waals surface area contributed by atoms with Crippen LogP contribution in [0.2, 0.25) is 0 Å². The van der Waals surface area contributed by atoms with Crippen molar-refractivity contribution in [2.45, 2.75) is 32.0 Å². The van der Waals surface area contributed by atoms with Crippen LogP contribution in [0.15, 0.2) is 54.6 Å². The van der Waals surface area contributed by atoms with Crippen molar-refractivity contribution in [3.63, 3.8) is 0 Å². The molecule has 7 heteroatoms. The van der Waals surface area contributed by atoms with Gasteiger partial charge in [-0.25, -0.2) is 0 Å². The van der Waals surface area contributed by atoms with Crippen molar-refractivity contribution in [1.82, 2.24) is 9.80 Å². The fourth-order valence-corrected chi connectivity index (χ4v) is 3.67. The monoisotopic (exact) mass is 379 g/mol. The van der Waals surface area contributed by atoms with Gasteiger partial charge in [-0.15, -0.1) is 0 Å². The number of hydrogen-bond acceptors (Lipinski definition) is 4. The average Bonchev–Trinajstić information content (AvgIpc) is 2.69. The topological polar surface area (TPSA) is 101 Å². The van der Waals surface area contributed by atoms with Gasteiger partial charge in [0.1, 0.15) is 0 Å².